The van der Waals surface area contributed by atoms with Gasteiger partial charge in [-0.3, -0.25) is 9.59 Å². The number of benzene rings is 1. The van der Waals surface area contributed by atoms with Gasteiger partial charge in [0.1, 0.15) is 11.5 Å². The normalized spacial score (nSPS) is 21.0. The van der Waals surface area contributed by atoms with Gasteiger partial charge in [0, 0.05) is 12.5 Å². The summed E-state index contributed by atoms with van der Waals surface area (Å²) in [5, 5.41) is 19.6. The number of hydrogen-bond acceptors (Lipinski definition) is 6. The molecule has 0 bridgehead atoms. The molecule has 0 aromatic heterocycles. The molecule has 23 heavy (non-hydrogen) atoms. The number of aromatic hydroxyl groups is 2. The van der Waals surface area contributed by atoms with E-state index in [4.69, 9.17) is 4.74 Å². The molecule has 1 aliphatic rings. The summed E-state index contributed by atoms with van der Waals surface area (Å²) < 4.78 is 10.3. The van der Waals surface area contributed by atoms with Gasteiger partial charge in [0.15, 0.2) is 5.78 Å². The predicted molar refractivity (Wildman–Crippen MR) is 82.6 cm³/mol. The number of ether oxygens (including phenoxy) is 2. The maximum absolute atomic E-state index is 12.6. The monoisotopic (exact) mass is 322 g/mol. The van der Waals surface area contributed by atoms with Crippen LogP contribution < -0.4 is 0 Å². The fourth-order valence-corrected chi connectivity index (χ4v) is 2.91. The second-order valence-electron chi connectivity index (χ2n) is 5.88. The summed E-state index contributed by atoms with van der Waals surface area (Å²) >= 11 is 0. The van der Waals surface area contributed by atoms with Crippen LogP contribution in [0.3, 0.4) is 0 Å². The molecular formula is C17H22O6. The Labute approximate surface area is 135 Å². The van der Waals surface area contributed by atoms with Crippen LogP contribution >= 0.6 is 0 Å². The van der Waals surface area contributed by atoms with Crippen molar-refractivity contribution in [2.75, 3.05) is 7.11 Å². The summed E-state index contributed by atoms with van der Waals surface area (Å²) in [4.78, 5) is 24.1. The van der Waals surface area contributed by atoms with Crippen LogP contribution in [-0.2, 0) is 20.7 Å². The summed E-state index contributed by atoms with van der Waals surface area (Å²) in [5.74, 6) is -1.40. The minimum atomic E-state index is -0.549. The van der Waals surface area contributed by atoms with Crippen molar-refractivity contribution in [1.82, 2.24) is 0 Å². The van der Waals surface area contributed by atoms with E-state index >= 15 is 0 Å². The summed E-state index contributed by atoms with van der Waals surface area (Å²) in [6, 6.07) is 2.40. The van der Waals surface area contributed by atoms with Gasteiger partial charge in [-0.15, -0.1) is 0 Å². The summed E-state index contributed by atoms with van der Waals surface area (Å²) in [7, 11) is 1.24. The molecule has 0 unspecified atom stereocenters. The maximum Gasteiger partial charge on any atom is 0.310 e. The summed E-state index contributed by atoms with van der Waals surface area (Å²) in [5.41, 5.74) is 0.304. The van der Waals surface area contributed by atoms with E-state index in [2.05, 4.69) is 4.74 Å². The van der Waals surface area contributed by atoms with Crippen molar-refractivity contribution in [2.24, 2.45) is 0 Å². The fourth-order valence-electron chi connectivity index (χ4n) is 2.91. The van der Waals surface area contributed by atoms with Crippen LogP contribution in [0.4, 0.5) is 0 Å². The molecule has 1 aromatic carbocycles. The van der Waals surface area contributed by atoms with E-state index in [0.717, 1.165) is 25.3 Å². The van der Waals surface area contributed by atoms with Crippen molar-refractivity contribution in [3.63, 3.8) is 0 Å². The highest BCUT2D eigenvalue weighted by atomic mass is 16.5. The Bertz CT molecular complexity index is 595. The number of methoxy groups -OCH3 is 1. The Morgan fingerprint density at radius 3 is 2.70 bits per heavy atom. The van der Waals surface area contributed by atoms with Crippen molar-refractivity contribution >= 4 is 11.8 Å². The molecule has 1 saturated heterocycles. The molecule has 6 nitrogen and oxygen atoms in total. The third kappa shape index (κ3) is 4.45. The quantitative estimate of drug-likeness (QED) is 0.638. The van der Waals surface area contributed by atoms with Crippen LogP contribution in [0, 0.1) is 0 Å². The predicted octanol–water partition coefficient (Wildman–Crippen LogP) is 2.34. The molecule has 0 saturated carbocycles. The molecule has 2 atom stereocenters. The molecule has 1 heterocycles. The van der Waals surface area contributed by atoms with Crippen molar-refractivity contribution in [1.29, 1.82) is 0 Å². The van der Waals surface area contributed by atoms with Gasteiger partial charge < -0.3 is 19.7 Å². The Hall–Kier alpha value is -2.08. The lowest BCUT2D eigenvalue weighted by atomic mass is 9.93. The Balaban J connectivity index is 2.22. The molecule has 0 amide bonds. The lowest BCUT2D eigenvalue weighted by Gasteiger charge is -2.27. The Morgan fingerprint density at radius 2 is 2.04 bits per heavy atom. The standard InChI is InChI=1S/C17H22O6/c1-10-4-3-5-13(23-10)9-15(20)17-11(7-16(21)22-2)6-12(18)8-14(17)19/h6,8,10,13,18-19H,3-5,7,9H2,1-2H3/t10-,13-/m1/s1. The van der Waals surface area contributed by atoms with Gasteiger partial charge in [-0.25, -0.2) is 0 Å². The van der Waals surface area contributed by atoms with Gasteiger partial charge in [0.05, 0.1) is 31.3 Å². The Kier molecular flexibility index (Phi) is 5.60. The number of rotatable bonds is 5. The van der Waals surface area contributed by atoms with Gasteiger partial charge >= 0.3 is 5.97 Å². The van der Waals surface area contributed by atoms with Crippen LogP contribution in [-0.4, -0.2) is 41.3 Å². The molecule has 0 radical (unpaired) electrons. The van der Waals surface area contributed by atoms with Gasteiger partial charge in [-0.1, -0.05) is 0 Å². The topological polar surface area (TPSA) is 93.1 Å². The van der Waals surface area contributed by atoms with Crippen LogP contribution in [0.2, 0.25) is 0 Å². The van der Waals surface area contributed by atoms with Crippen molar-refractivity contribution < 1.29 is 29.3 Å². The van der Waals surface area contributed by atoms with Crippen LogP contribution in [0.15, 0.2) is 12.1 Å². The molecule has 2 N–H and O–H groups in total. The van der Waals surface area contributed by atoms with Gasteiger partial charge in [0.25, 0.3) is 0 Å². The second kappa shape index (κ2) is 7.46. The van der Waals surface area contributed by atoms with Crippen molar-refractivity contribution in [3.8, 4) is 11.5 Å². The fraction of sp³-hybridized carbons (Fsp3) is 0.529. The van der Waals surface area contributed by atoms with Gasteiger partial charge in [-0.2, -0.15) is 0 Å². The number of phenolic OH excluding ortho intramolecular Hbond substituents is 2. The van der Waals surface area contributed by atoms with E-state index in [1.165, 1.54) is 13.2 Å². The first-order valence-electron chi connectivity index (χ1n) is 7.71. The summed E-state index contributed by atoms with van der Waals surface area (Å²) in [6.45, 7) is 1.97. The number of esters is 1. The SMILES string of the molecule is COC(=O)Cc1cc(O)cc(O)c1C(=O)C[C@H]1CCC[C@@H](C)O1. The van der Waals surface area contributed by atoms with Crippen LogP contribution in [0.1, 0.15) is 48.5 Å². The molecular weight excluding hydrogens is 300 g/mol. The highest BCUT2D eigenvalue weighted by molar-refractivity contribution is 6.01. The van der Waals surface area contributed by atoms with Crippen molar-refractivity contribution in [3.05, 3.63) is 23.3 Å². The molecule has 126 valence electrons. The number of hydrogen-bond donors (Lipinski definition) is 2. The van der Waals surface area contributed by atoms with Gasteiger partial charge in [-0.05, 0) is 37.8 Å². The third-order valence-corrected chi connectivity index (χ3v) is 4.00. The maximum atomic E-state index is 12.6. The molecule has 6 heteroatoms. The number of carbonyl (C=O) groups excluding carboxylic acids is 2. The zero-order valence-electron chi connectivity index (χ0n) is 13.4. The summed E-state index contributed by atoms with van der Waals surface area (Å²) in [6.07, 6.45) is 2.63. The van der Waals surface area contributed by atoms with E-state index in [9.17, 15) is 19.8 Å². The zero-order chi connectivity index (χ0) is 17.0. The number of carbonyl (C=O) groups is 2. The average Bonchev–Trinajstić information content (AvgIpc) is 2.46. The first kappa shape index (κ1) is 17.3. The minimum Gasteiger partial charge on any atom is -0.508 e. The number of ketones is 1. The van der Waals surface area contributed by atoms with Crippen LogP contribution in [0.5, 0.6) is 11.5 Å². The molecule has 1 aliphatic heterocycles. The van der Waals surface area contributed by atoms with E-state index < -0.39 is 5.97 Å². The zero-order valence-corrected chi connectivity index (χ0v) is 13.4. The highest BCUT2D eigenvalue weighted by Gasteiger charge is 2.26. The molecule has 0 spiro atoms. The van der Waals surface area contributed by atoms with Crippen LogP contribution in [0.25, 0.3) is 0 Å². The van der Waals surface area contributed by atoms with Crippen molar-refractivity contribution in [2.45, 2.75) is 51.2 Å². The minimum absolute atomic E-state index is 0.0510. The van der Waals surface area contributed by atoms with E-state index in [0.29, 0.717) is 0 Å². The molecule has 1 aromatic rings. The molecule has 1 fully saturated rings. The average molecular weight is 322 g/mol. The first-order chi connectivity index (χ1) is 10.9. The number of Topliss-reactive ketones (excluding diaryl/α,β-unsaturated/α-hetero) is 1. The number of phenols is 2. The third-order valence-electron chi connectivity index (χ3n) is 4.00. The second-order valence-corrected chi connectivity index (χ2v) is 5.88. The molecule has 0 aliphatic carbocycles. The van der Waals surface area contributed by atoms with E-state index in [1.807, 2.05) is 6.92 Å². The smallest absolute Gasteiger partial charge is 0.310 e. The van der Waals surface area contributed by atoms with E-state index in [1.54, 1.807) is 0 Å². The molecule has 2 rings (SSSR count). The van der Waals surface area contributed by atoms with Gasteiger partial charge in [0.2, 0.25) is 0 Å². The first-order valence-corrected chi connectivity index (χ1v) is 7.71. The van der Waals surface area contributed by atoms with E-state index in [-0.39, 0.29) is 53.5 Å². The lowest BCUT2D eigenvalue weighted by Crippen LogP contribution is -2.28. The highest BCUT2D eigenvalue weighted by Crippen LogP contribution is 2.31. The largest absolute Gasteiger partial charge is 0.508 e. The Morgan fingerprint density at radius 1 is 1.30 bits per heavy atom. The lowest BCUT2D eigenvalue weighted by molar-refractivity contribution is -0.139.